The van der Waals surface area contributed by atoms with Crippen LogP contribution < -0.4 is 5.32 Å². The van der Waals surface area contributed by atoms with Gasteiger partial charge in [-0.1, -0.05) is 26.7 Å². The van der Waals surface area contributed by atoms with E-state index in [2.05, 4.69) is 19.2 Å². The highest BCUT2D eigenvalue weighted by Crippen LogP contribution is 2.26. The van der Waals surface area contributed by atoms with Gasteiger partial charge in [-0.25, -0.2) is 0 Å². The lowest BCUT2D eigenvalue weighted by Gasteiger charge is -2.40. The van der Waals surface area contributed by atoms with E-state index < -0.39 is 0 Å². The van der Waals surface area contributed by atoms with Gasteiger partial charge in [0, 0.05) is 32.1 Å². The van der Waals surface area contributed by atoms with E-state index in [1.807, 2.05) is 4.90 Å². The van der Waals surface area contributed by atoms with Crippen LogP contribution in [0.3, 0.4) is 0 Å². The first kappa shape index (κ1) is 16.8. The molecule has 122 valence electrons. The summed E-state index contributed by atoms with van der Waals surface area (Å²) in [7, 11) is 0. The molecule has 1 saturated heterocycles. The van der Waals surface area contributed by atoms with E-state index in [9.17, 15) is 9.90 Å². The average Bonchev–Trinajstić information content (AvgIpc) is 2.91. The van der Waals surface area contributed by atoms with Gasteiger partial charge >= 0.3 is 0 Å². The smallest absolute Gasteiger partial charge is 0.219 e. The van der Waals surface area contributed by atoms with Crippen LogP contribution in [0.5, 0.6) is 0 Å². The van der Waals surface area contributed by atoms with Crippen LogP contribution in [0.15, 0.2) is 0 Å². The van der Waals surface area contributed by atoms with E-state index in [0.29, 0.717) is 23.9 Å². The lowest BCUT2D eigenvalue weighted by molar-refractivity contribution is -0.131. The zero-order valence-corrected chi connectivity index (χ0v) is 13.8. The second-order valence-corrected chi connectivity index (χ2v) is 7.42. The third-order valence-electron chi connectivity index (χ3n) is 5.15. The van der Waals surface area contributed by atoms with Gasteiger partial charge in [-0.3, -0.25) is 4.79 Å². The molecular formula is C17H32N2O2. The summed E-state index contributed by atoms with van der Waals surface area (Å²) in [4.78, 5) is 13.7. The third-order valence-corrected chi connectivity index (χ3v) is 5.15. The number of aliphatic hydroxyl groups is 1. The van der Waals surface area contributed by atoms with E-state index in [0.717, 1.165) is 25.9 Å². The number of carbonyl (C=O) groups is 1. The number of carbonyl (C=O) groups excluding carboxylic acids is 1. The molecule has 1 amide bonds. The van der Waals surface area contributed by atoms with Crippen molar-refractivity contribution in [2.45, 2.75) is 77.5 Å². The predicted molar refractivity (Wildman–Crippen MR) is 85.0 cm³/mol. The van der Waals surface area contributed by atoms with Gasteiger partial charge in [-0.05, 0) is 37.5 Å². The Labute approximate surface area is 129 Å². The molecule has 4 heteroatoms. The number of hydrogen-bond donors (Lipinski definition) is 2. The molecule has 4 nitrogen and oxygen atoms in total. The van der Waals surface area contributed by atoms with Crippen molar-refractivity contribution in [3.8, 4) is 0 Å². The van der Waals surface area contributed by atoms with Gasteiger partial charge < -0.3 is 15.3 Å². The molecule has 2 aliphatic rings. The SMILES string of the molecule is CC(=O)N1CC(CC(O)C(C)C)CC(NC2CCCC2)C1. The van der Waals surface area contributed by atoms with Crippen molar-refractivity contribution in [1.82, 2.24) is 10.2 Å². The van der Waals surface area contributed by atoms with Crippen LogP contribution in [0.25, 0.3) is 0 Å². The quantitative estimate of drug-likeness (QED) is 0.817. The van der Waals surface area contributed by atoms with Crippen LogP contribution in [0.2, 0.25) is 0 Å². The number of aliphatic hydroxyl groups excluding tert-OH is 1. The highest BCUT2D eigenvalue weighted by atomic mass is 16.3. The van der Waals surface area contributed by atoms with Crippen molar-refractivity contribution in [2.75, 3.05) is 13.1 Å². The first-order valence-electron chi connectivity index (χ1n) is 8.65. The molecule has 21 heavy (non-hydrogen) atoms. The minimum Gasteiger partial charge on any atom is -0.393 e. The predicted octanol–water partition coefficient (Wildman–Crippen LogP) is 2.16. The monoisotopic (exact) mass is 296 g/mol. The van der Waals surface area contributed by atoms with E-state index in [1.54, 1.807) is 6.92 Å². The van der Waals surface area contributed by atoms with Gasteiger partial charge in [0.1, 0.15) is 0 Å². The number of piperidine rings is 1. The zero-order valence-electron chi connectivity index (χ0n) is 13.8. The van der Waals surface area contributed by atoms with Gasteiger partial charge in [-0.15, -0.1) is 0 Å². The molecule has 1 aliphatic carbocycles. The lowest BCUT2D eigenvalue weighted by Crippen LogP contribution is -2.53. The summed E-state index contributed by atoms with van der Waals surface area (Å²) < 4.78 is 0. The van der Waals surface area contributed by atoms with Crippen molar-refractivity contribution in [1.29, 1.82) is 0 Å². The van der Waals surface area contributed by atoms with Crippen LogP contribution in [-0.4, -0.2) is 47.2 Å². The molecule has 0 aromatic rings. The number of likely N-dealkylation sites (tertiary alicyclic amines) is 1. The van der Waals surface area contributed by atoms with E-state index in [1.165, 1.54) is 25.7 Å². The Hall–Kier alpha value is -0.610. The van der Waals surface area contributed by atoms with Gasteiger partial charge in [-0.2, -0.15) is 0 Å². The zero-order chi connectivity index (χ0) is 15.4. The fourth-order valence-corrected chi connectivity index (χ4v) is 3.79. The highest BCUT2D eigenvalue weighted by Gasteiger charge is 2.31. The standard InChI is InChI=1S/C17H32N2O2/c1-12(2)17(21)9-14-8-16(11-19(10-14)13(3)20)18-15-6-4-5-7-15/h12,14-18,21H,4-11H2,1-3H3. The number of amides is 1. The Morgan fingerprint density at radius 1 is 1.24 bits per heavy atom. The summed E-state index contributed by atoms with van der Waals surface area (Å²) in [6.07, 6.45) is 6.85. The Bertz CT molecular complexity index is 328. The normalized spacial score (nSPS) is 29.1. The lowest BCUT2D eigenvalue weighted by atomic mass is 9.86. The summed E-state index contributed by atoms with van der Waals surface area (Å²) in [5, 5.41) is 13.9. The summed E-state index contributed by atoms with van der Waals surface area (Å²) >= 11 is 0. The van der Waals surface area contributed by atoms with Crippen LogP contribution in [0.1, 0.15) is 59.3 Å². The van der Waals surface area contributed by atoms with Gasteiger partial charge in [0.2, 0.25) is 5.91 Å². The largest absolute Gasteiger partial charge is 0.393 e. The molecule has 0 spiro atoms. The average molecular weight is 296 g/mol. The van der Waals surface area contributed by atoms with Crippen molar-refractivity contribution in [3.63, 3.8) is 0 Å². The van der Waals surface area contributed by atoms with Gasteiger partial charge in [0.15, 0.2) is 0 Å². The molecular weight excluding hydrogens is 264 g/mol. The van der Waals surface area contributed by atoms with E-state index in [-0.39, 0.29) is 12.0 Å². The molecule has 0 aromatic carbocycles. The maximum absolute atomic E-state index is 11.8. The van der Waals surface area contributed by atoms with Crippen molar-refractivity contribution in [2.24, 2.45) is 11.8 Å². The van der Waals surface area contributed by atoms with Crippen molar-refractivity contribution < 1.29 is 9.90 Å². The minimum atomic E-state index is -0.256. The molecule has 3 atom stereocenters. The first-order valence-corrected chi connectivity index (χ1v) is 8.65. The maximum Gasteiger partial charge on any atom is 0.219 e. The summed E-state index contributed by atoms with van der Waals surface area (Å²) in [6, 6.07) is 1.03. The molecule has 1 aliphatic heterocycles. The molecule has 3 unspecified atom stereocenters. The van der Waals surface area contributed by atoms with E-state index >= 15 is 0 Å². The van der Waals surface area contributed by atoms with Crippen LogP contribution in [-0.2, 0) is 4.79 Å². The molecule has 0 radical (unpaired) electrons. The third kappa shape index (κ3) is 4.96. The van der Waals surface area contributed by atoms with E-state index in [4.69, 9.17) is 0 Å². The summed E-state index contributed by atoms with van der Waals surface area (Å²) in [5.41, 5.74) is 0. The molecule has 2 rings (SSSR count). The Morgan fingerprint density at radius 3 is 2.48 bits per heavy atom. The van der Waals surface area contributed by atoms with Crippen molar-refractivity contribution >= 4 is 5.91 Å². The van der Waals surface area contributed by atoms with Crippen LogP contribution >= 0.6 is 0 Å². The summed E-state index contributed by atoms with van der Waals surface area (Å²) in [5.74, 6) is 0.870. The molecule has 2 N–H and O–H groups in total. The van der Waals surface area contributed by atoms with Crippen LogP contribution in [0.4, 0.5) is 0 Å². The van der Waals surface area contributed by atoms with Gasteiger partial charge in [0.05, 0.1) is 6.10 Å². The van der Waals surface area contributed by atoms with Crippen molar-refractivity contribution in [3.05, 3.63) is 0 Å². The number of rotatable bonds is 5. The van der Waals surface area contributed by atoms with Crippen LogP contribution in [0, 0.1) is 11.8 Å². The second-order valence-electron chi connectivity index (χ2n) is 7.42. The fraction of sp³-hybridized carbons (Fsp3) is 0.941. The topological polar surface area (TPSA) is 52.6 Å². The highest BCUT2D eigenvalue weighted by molar-refractivity contribution is 5.73. The Kier molecular flexibility index (Phi) is 6.06. The molecule has 0 bridgehead atoms. The Morgan fingerprint density at radius 2 is 1.90 bits per heavy atom. The number of nitrogens with zero attached hydrogens (tertiary/aromatic N) is 1. The molecule has 2 fully saturated rings. The molecule has 0 aromatic heterocycles. The van der Waals surface area contributed by atoms with Gasteiger partial charge in [0.25, 0.3) is 0 Å². The minimum absolute atomic E-state index is 0.164. The second kappa shape index (κ2) is 7.59. The summed E-state index contributed by atoms with van der Waals surface area (Å²) in [6.45, 7) is 7.42. The first-order chi connectivity index (χ1) is 9.95. The number of nitrogens with one attached hydrogen (secondary N) is 1. The fourth-order valence-electron chi connectivity index (χ4n) is 3.79. The maximum atomic E-state index is 11.8. The molecule has 1 saturated carbocycles. The Balaban J connectivity index is 1.92. The molecule has 1 heterocycles. The number of hydrogen-bond acceptors (Lipinski definition) is 3.